The number of guanidine groups is 1. The maximum atomic E-state index is 4.24. The molecule has 114 valence electrons. The summed E-state index contributed by atoms with van der Waals surface area (Å²) in [5.74, 6) is 2.16. The Morgan fingerprint density at radius 1 is 1.26 bits per heavy atom. The molecular weight excluding hydrogens is 256 g/mol. The number of nitrogens with one attached hydrogen (secondary N) is 2. The van der Waals surface area contributed by atoms with E-state index >= 15 is 0 Å². The molecule has 0 saturated heterocycles. The highest BCUT2D eigenvalue weighted by molar-refractivity contribution is 7.98. The molecule has 0 aliphatic heterocycles. The molecule has 0 aromatic rings. The molecule has 1 unspecified atom stereocenters. The van der Waals surface area contributed by atoms with Crippen molar-refractivity contribution in [2.24, 2.45) is 4.99 Å². The van der Waals surface area contributed by atoms with Crippen molar-refractivity contribution >= 4 is 17.7 Å². The summed E-state index contributed by atoms with van der Waals surface area (Å²) in [7, 11) is 4.00. The van der Waals surface area contributed by atoms with Crippen LogP contribution in [0.2, 0.25) is 0 Å². The lowest BCUT2D eigenvalue weighted by atomic mass is 10.2. The van der Waals surface area contributed by atoms with Gasteiger partial charge in [0.15, 0.2) is 5.96 Å². The fourth-order valence-corrected chi connectivity index (χ4v) is 2.17. The van der Waals surface area contributed by atoms with E-state index in [9.17, 15) is 0 Å². The first-order valence-electron chi connectivity index (χ1n) is 7.29. The van der Waals surface area contributed by atoms with Crippen LogP contribution in [0.3, 0.4) is 0 Å². The Kier molecular flexibility index (Phi) is 12.3. The van der Waals surface area contributed by atoms with Crippen LogP contribution in [0.15, 0.2) is 4.99 Å². The Morgan fingerprint density at radius 3 is 2.53 bits per heavy atom. The summed E-state index contributed by atoms with van der Waals surface area (Å²) in [4.78, 5) is 6.61. The Bertz CT molecular complexity index is 233. The summed E-state index contributed by atoms with van der Waals surface area (Å²) in [5.41, 5.74) is 0. The van der Waals surface area contributed by atoms with Gasteiger partial charge in [-0.15, -0.1) is 0 Å². The Hall–Kier alpha value is -0.420. The van der Waals surface area contributed by atoms with Gasteiger partial charge < -0.3 is 15.5 Å². The number of likely N-dealkylation sites (N-methyl/N-ethyl adjacent to an activating group) is 1. The van der Waals surface area contributed by atoms with Crippen LogP contribution >= 0.6 is 11.8 Å². The second-order valence-electron chi connectivity index (χ2n) is 4.86. The highest BCUT2D eigenvalue weighted by Crippen LogP contribution is 1.98. The quantitative estimate of drug-likeness (QED) is 0.366. The van der Waals surface area contributed by atoms with Crippen molar-refractivity contribution in [2.45, 2.75) is 39.2 Å². The zero-order valence-corrected chi connectivity index (χ0v) is 14.1. The molecule has 0 spiro atoms. The molecule has 0 aliphatic carbocycles. The van der Waals surface area contributed by atoms with Gasteiger partial charge in [-0.1, -0.05) is 6.92 Å². The molecule has 0 aromatic carbocycles. The number of hydrogen-bond acceptors (Lipinski definition) is 3. The van der Waals surface area contributed by atoms with Crippen LogP contribution in [0, 0.1) is 0 Å². The SMILES string of the molecule is CCC(C)N(C)CCNC(=NC)NCCCCSC. The lowest BCUT2D eigenvalue weighted by molar-refractivity contribution is 0.255. The first-order valence-corrected chi connectivity index (χ1v) is 8.68. The minimum absolute atomic E-state index is 0.642. The van der Waals surface area contributed by atoms with Crippen molar-refractivity contribution < 1.29 is 0 Å². The van der Waals surface area contributed by atoms with Gasteiger partial charge in [-0.25, -0.2) is 0 Å². The molecule has 2 N–H and O–H groups in total. The highest BCUT2D eigenvalue weighted by atomic mass is 32.2. The summed E-state index contributed by atoms with van der Waals surface area (Å²) >= 11 is 1.91. The van der Waals surface area contributed by atoms with Crippen LogP contribution in [0.4, 0.5) is 0 Å². The molecule has 19 heavy (non-hydrogen) atoms. The molecule has 0 aliphatic rings. The minimum Gasteiger partial charge on any atom is -0.356 e. The van der Waals surface area contributed by atoms with Crippen molar-refractivity contribution in [1.82, 2.24) is 15.5 Å². The third-order valence-electron chi connectivity index (χ3n) is 3.39. The number of unbranched alkanes of at least 4 members (excludes halogenated alkanes) is 1. The lowest BCUT2D eigenvalue weighted by Gasteiger charge is -2.23. The van der Waals surface area contributed by atoms with Crippen molar-refractivity contribution in [3.8, 4) is 0 Å². The molecule has 0 amide bonds. The van der Waals surface area contributed by atoms with Gasteiger partial charge in [-0.3, -0.25) is 4.99 Å². The average molecular weight is 289 g/mol. The molecule has 4 nitrogen and oxygen atoms in total. The number of aliphatic imine (C=N–C) groups is 1. The summed E-state index contributed by atoms with van der Waals surface area (Å²) in [5, 5.41) is 6.72. The highest BCUT2D eigenvalue weighted by Gasteiger charge is 2.05. The smallest absolute Gasteiger partial charge is 0.191 e. The van der Waals surface area contributed by atoms with Crippen molar-refractivity contribution in [3.63, 3.8) is 0 Å². The van der Waals surface area contributed by atoms with E-state index < -0.39 is 0 Å². The Labute approximate surface area is 123 Å². The molecule has 5 heteroatoms. The largest absolute Gasteiger partial charge is 0.356 e. The number of hydrogen-bond donors (Lipinski definition) is 2. The van der Waals surface area contributed by atoms with E-state index in [4.69, 9.17) is 0 Å². The average Bonchev–Trinajstić information content (AvgIpc) is 2.43. The second-order valence-corrected chi connectivity index (χ2v) is 5.85. The van der Waals surface area contributed by atoms with E-state index in [1.165, 1.54) is 25.0 Å². The zero-order valence-electron chi connectivity index (χ0n) is 13.3. The third kappa shape index (κ3) is 10.1. The van der Waals surface area contributed by atoms with Gasteiger partial charge in [0.05, 0.1) is 0 Å². The predicted molar refractivity (Wildman–Crippen MR) is 89.4 cm³/mol. The first-order chi connectivity index (χ1) is 9.15. The maximum Gasteiger partial charge on any atom is 0.191 e. The molecule has 1 atom stereocenters. The van der Waals surface area contributed by atoms with Gasteiger partial charge in [0.1, 0.15) is 0 Å². The Balaban J connectivity index is 3.65. The summed E-state index contributed by atoms with van der Waals surface area (Å²) in [6.45, 7) is 7.47. The van der Waals surface area contributed by atoms with E-state index in [0.717, 1.165) is 25.6 Å². The molecule has 0 rings (SSSR count). The standard InChI is InChI=1S/C14H32N4S/c1-6-13(2)18(4)11-10-17-14(15-3)16-9-7-8-12-19-5/h13H,6-12H2,1-5H3,(H2,15,16,17). The fraction of sp³-hybridized carbons (Fsp3) is 0.929. The topological polar surface area (TPSA) is 39.7 Å². The predicted octanol–water partition coefficient (Wildman–Crippen LogP) is 2.02. The molecule has 0 bridgehead atoms. The normalized spacial score (nSPS) is 13.7. The van der Waals surface area contributed by atoms with E-state index in [-0.39, 0.29) is 0 Å². The van der Waals surface area contributed by atoms with Crippen molar-refractivity contribution in [2.75, 3.05) is 45.7 Å². The molecule has 0 fully saturated rings. The van der Waals surface area contributed by atoms with Crippen LogP contribution in [0.1, 0.15) is 33.1 Å². The second kappa shape index (κ2) is 12.6. The van der Waals surface area contributed by atoms with Gasteiger partial charge in [0.2, 0.25) is 0 Å². The Morgan fingerprint density at radius 2 is 1.95 bits per heavy atom. The first kappa shape index (κ1) is 18.6. The van der Waals surface area contributed by atoms with E-state index in [2.05, 4.69) is 47.7 Å². The molecule has 0 heterocycles. The van der Waals surface area contributed by atoms with E-state index in [0.29, 0.717) is 6.04 Å². The molecule has 0 saturated carbocycles. The molecule has 0 radical (unpaired) electrons. The monoisotopic (exact) mass is 288 g/mol. The van der Waals surface area contributed by atoms with Gasteiger partial charge >= 0.3 is 0 Å². The van der Waals surface area contributed by atoms with E-state index in [1.54, 1.807) is 0 Å². The summed E-state index contributed by atoms with van der Waals surface area (Å²) in [6, 6.07) is 0.642. The lowest BCUT2D eigenvalue weighted by Crippen LogP contribution is -2.42. The van der Waals surface area contributed by atoms with Crippen LogP contribution < -0.4 is 10.6 Å². The van der Waals surface area contributed by atoms with Crippen LogP contribution in [0.5, 0.6) is 0 Å². The van der Waals surface area contributed by atoms with Gasteiger partial charge in [0, 0.05) is 32.7 Å². The van der Waals surface area contributed by atoms with Crippen LogP contribution in [-0.4, -0.2) is 62.6 Å². The van der Waals surface area contributed by atoms with E-state index in [1.807, 2.05) is 18.8 Å². The van der Waals surface area contributed by atoms with Gasteiger partial charge in [-0.2, -0.15) is 11.8 Å². The summed E-state index contributed by atoms with van der Waals surface area (Å²) in [6.07, 6.45) is 5.82. The minimum atomic E-state index is 0.642. The van der Waals surface area contributed by atoms with Crippen molar-refractivity contribution in [3.05, 3.63) is 0 Å². The van der Waals surface area contributed by atoms with Crippen LogP contribution in [0.25, 0.3) is 0 Å². The van der Waals surface area contributed by atoms with Crippen LogP contribution in [-0.2, 0) is 0 Å². The van der Waals surface area contributed by atoms with Crippen molar-refractivity contribution in [1.29, 1.82) is 0 Å². The maximum absolute atomic E-state index is 4.24. The number of thioether (sulfide) groups is 1. The van der Waals surface area contributed by atoms with Gasteiger partial charge in [-0.05, 0) is 45.2 Å². The van der Waals surface area contributed by atoms with Gasteiger partial charge in [0.25, 0.3) is 0 Å². The summed E-state index contributed by atoms with van der Waals surface area (Å²) < 4.78 is 0. The fourth-order valence-electron chi connectivity index (χ4n) is 1.68. The zero-order chi connectivity index (χ0) is 14.5. The number of rotatable bonds is 10. The molecular formula is C14H32N4S. The third-order valence-corrected chi connectivity index (χ3v) is 4.09. The molecule has 0 aromatic heterocycles. The number of nitrogens with zero attached hydrogens (tertiary/aromatic N) is 2.